The Morgan fingerprint density at radius 3 is 2.44 bits per heavy atom. The number of nitro groups is 1. The van der Waals surface area contributed by atoms with Gasteiger partial charge in [-0.2, -0.15) is 13.2 Å². The minimum absolute atomic E-state index is 0.172. The van der Waals surface area contributed by atoms with E-state index in [4.69, 9.17) is 11.6 Å². The number of nitro benzene ring substituents is 1. The molecule has 0 saturated heterocycles. The minimum atomic E-state index is -4.75. The minimum Gasteiger partial charge on any atom is -0.368 e. The Hall–Kier alpha value is -2.88. The van der Waals surface area contributed by atoms with Crippen LogP contribution in [0, 0.1) is 15.9 Å². The van der Waals surface area contributed by atoms with Crippen LogP contribution in [0.3, 0.4) is 0 Å². The van der Waals surface area contributed by atoms with Gasteiger partial charge in [0, 0.05) is 11.1 Å². The summed E-state index contributed by atoms with van der Waals surface area (Å²) in [6, 6.07) is 4.22. The van der Waals surface area contributed by atoms with Crippen LogP contribution >= 0.6 is 11.6 Å². The molecule has 0 aromatic heterocycles. The number of nitrogens with zero attached hydrogens (tertiary/aromatic N) is 1. The van der Waals surface area contributed by atoms with E-state index >= 15 is 0 Å². The van der Waals surface area contributed by atoms with Gasteiger partial charge in [0.15, 0.2) is 0 Å². The van der Waals surface area contributed by atoms with E-state index < -0.39 is 40.1 Å². The molecule has 0 radical (unpaired) electrons. The molecule has 1 atom stereocenters. The summed E-state index contributed by atoms with van der Waals surface area (Å²) in [4.78, 5) is 22.2. The normalized spacial score (nSPS) is 12.4. The van der Waals surface area contributed by atoms with Crippen LogP contribution < -0.4 is 10.6 Å². The highest BCUT2D eigenvalue weighted by atomic mass is 35.5. The molecule has 2 N–H and O–H groups in total. The van der Waals surface area contributed by atoms with Crippen LogP contribution in [-0.2, 0) is 11.0 Å². The second kappa shape index (κ2) is 7.78. The van der Waals surface area contributed by atoms with E-state index in [2.05, 4.69) is 10.6 Å². The molecule has 0 fully saturated rings. The maximum atomic E-state index is 13.7. The lowest BCUT2D eigenvalue weighted by atomic mass is 10.1. The Bertz CT molecular complexity index is 890. The fourth-order valence-electron chi connectivity index (χ4n) is 2.11. The third-order valence-corrected chi connectivity index (χ3v) is 3.71. The quantitative estimate of drug-likeness (QED) is 0.423. The van der Waals surface area contributed by atoms with Gasteiger partial charge in [-0.25, -0.2) is 4.39 Å². The van der Waals surface area contributed by atoms with E-state index in [0.29, 0.717) is 12.1 Å². The highest BCUT2D eigenvalue weighted by molar-refractivity contribution is 6.30. The van der Waals surface area contributed by atoms with Crippen LogP contribution in [-0.4, -0.2) is 16.9 Å². The van der Waals surface area contributed by atoms with Crippen molar-refractivity contribution in [2.24, 2.45) is 0 Å². The zero-order chi connectivity index (χ0) is 20.4. The summed E-state index contributed by atoms with van der Waals surface area (Å²) in [5.41, 5.74) is -2.54. The fourth-order valence-corrected chi connectivity index (χ4v) is 2.29. The third kappa shape index (κ3) is 5.07. The fraction of sp³-hybridized carbons (Fsp3) is 0.188. The monoisotopic (exact) mass is 405 g/mol. The Morgan fingerprint density at radius 2 is 1.85 bits per heavy atom. The van der Waals surface area contributed by atoms with E-state index in [1.54, 1.807) is 0 Å². The molecule has 0 aliphatic carbocycles. The zero-order valence-corrected chi connectivity index (χ0v) is 14.4. The van der Waals surface area contributed by atoms with Crippen LogP contribution in [0.5, 0.6) is 0 Å². The SMILES string of the molecule is C[C@H](Nc1ccc(C(F)(F)F)cc1[N+](=O)[O-])C(=O)Nc1cc(Cl)ccc1F. The number of amides is 1. The molecule has 0 spiro atoms. The first kappa shape index (κ1) is 20.4. The second-order valence-electron chi connectivity index (χ2n) is 5.47. The lowest BCUT2D eigenvalue weighted by Gasteiger charge is -2.16. The molecular weight excluding hydrogens is 394 g/mol. The first-order valence-electron chi connectivity index (χ1n) is 7.37. The summed E-state index contributed by atoms with van der Waals surface area (Å²) in [5.74, 6) is -1.52. The van der Waals surface area contributed by atoms with E-state index in [1.165, 1.54) is 19.1 Å². The molecular formula is C16H12ClF4N3O3. The van der Waals surface area contributed by atoms with Crippen molar-refractivity contribution >= 4 is 34.6 Å². The molecule has 2 aromatic rings. The number of hydrogen-bond donors (Lipinski definition) is 2. The number of carbonyl (C=O) groups excluding carboxylic acids is 1. The molecule has 27 heavy (non-hydrogen) atoms. The Balaban J connectivity index is 2.21. The lowest BCUT2D eigenvalue weighted by molar-refractivity contribution is -0.384. The number of rotatable bonds is 5. The molecule has 2 aromatic carbocycles. The molecule has 0 aliphatic heterocycles. The summed E-state index contributed by atoms with van der Waals surface area (Å²) in [6.45, 7) is 1.30. The number of benzene rings is 2. The molecule has 0 heterocycles. The maximum absolute atomic E-state index is 13.7. The molecule has 6 nitrogen and oxygen atoms in total. The Kier molecular flexibility index (Phi) is 5.89. The summed E-state index contributed by atoms with van der Waals surface area (Å²) < 4.78 is 51.8. The number of halogens is 5. The van der Waals surface area contributed by atoms with Gasteiger partial charge in [0.1, 0.15) is 17.5 Å². The maximum Gasteiger partial charge on any atom is 0.416 e. The molecule has 0 saturated carbocycles. The highest BCUT2D eigenvalue weighted by Crippen LogP contribution is 2.35. The average molecular weight is 406 g/mol. The van der Waals surface area contributed by atoms with Crippen molar-refractivity contribution in [2.75, 3.05) is 10.6 Å². The molecule has 0 bridgehead atoms. The van der Waals surface area contributed by atoms with Crippen molar-refractivity contribution in [3.05, 3.63) is 62.9 Å². The van der Waals surface area contributed by atoms with Crippen LogP contribution in [0.25, 0.3) is 0 Å². The topological polar surface area (TPSA) is 84.3 Å². The molecule has 144 valence electrons. The van der Waals surface area contributed by atoms with Crippen molar-refractivity contribution in [1.29, 1.82) is 0 Å². The van der Waals surface area contributed by atoms with Crippen molar-refractivity contribution in [1.82, 2.24) is 0 Å². The summed E-state index contributed by atoms with van der Waals surface area (Å²) in [6.07, 6.45) is -4.75. The predicted molar refractivity (Wildman–Crippen MR) is 91.2 cm³/mol. The van der Waals surface area contributed by atoms with Crippen molar-refractivity contribution in [3.8, 4) is 0 Å². The molecule has 11 heteroatoms. The van der Waals surface area contributed by atoms with Gasteiger partial charge in [0.2, 0.25) is 5.91 Å². The lowest BCUT2D eigenvalue weighted by Crippen LogP contribution is -2.32. The average Bonchev–Trinajstić information content (AvgIpc) is 2.57. The smallest absolute Gasteiger partial charge is 0.368 e. The summed E-state index contributed by atoms with van der Waals surface area (Å²) in [7, 11) is 0. The molecule has 0 aliphatic rings. The van der Waals surface area contributed by atoms with Crippen LogP contribution in [0.1, 0.15) is 12.5 Å². The summed E-state index contributed by atoms with van der Waals surface area (Å²) >= 11 is 5.72. The second-order valence-corrected chi connectivity index (χ2v) is 5.90. The van der Waals surface area contributed by atoms with Gasteiger partial charge in [-0.15, -0.1) is 0 Å². The number of anilines is 2. The van der Waals surface area contributed by atoms with E-state index in [1.807, 2.05) is 0 Å². The Labute approximate surface area is 155 Å². The zero-order valence-electron chi connectivity index (χ0n) is 13.6. The van der Waals surface area contributed by atoms with Crippen LogP contribution in [0.4, 0.5) is 34.6 Å². The first-order chi connectivity index (χ1) is 12.5. The number of alkyl halides is 3. The van der Waals surface area contributed by atoms with Crippen LogP contribution in [0.15, 0.2) is 36.4 Å². The highest BCUT2D eigenvalue weighted by Gasteiger charge is 2.33. The van der Waals surface area contributed by atoms with Gasteiger partial charge in [-0.1, -0.05) is 11.6 Å². The number of carbonyl (C=O) groups is 1. The van der Waals surface area contributed by atoms with Gasteiger partial charge < -0.3 is 10.6 Å². The van der Waals surface area contributed by atoms with Crippen molar-refractivity contribution in [3.63, 3.8) is 0 Å². The third-order valence-electron chi connectivity index (χ3n) is 3.47. The van der Waals surface area contributed by atoms with Gasteiger partial charge in [0.05, 0.1) is 16.2 Å². The number of hydrogen-bond acceptors (Lipinski definition) is 4. The largest absolute Gasteiger partial charge is 0.416 e. The standard InChI is InChI=1S/C16H12ClF4N3O3/c1-8(15(25)23-13-7-10(17)3-4-11(13)18)22-12-5-2-9(16(19,20)21)6-14(12)24(26)27/h2-8,22H,1H3,(H,23,25)/t8-/m0/s1. The molecule has 2 rings (SSSR count). The van der Waals surface area contributed by atoms with Gasteiger partial charge in [-0.3, -0.25) is 14.9 Å². The van der Waals surface area contributed by atoms with E-state index in [0.717, 1.165) is 12.1 Å². The van der Waals surface area contributed by atoms with Gasteiger partial charge in [-0.05, 0) is 37.3 Å². The summed E-state index contributed by atoms with van der Waals surface area (Å²) in [5, 5.41) is 15.9. The van der Waals surface area contributed by atoms with Crippen molar-refractivity contribution < 1.29 is 27.3 Å². The number of nitrogens with one attached hydrogen (secondary N) is 2. The molecule has 0 unspecified atom stereocenters. The first-order valence-corrected chi connectivity index (χ1v) is 7.75. The van der Waals surface area contributed by atoms with E-state index in [-0.39, 0.29) is 16.4 Å². The van der Waals surface area contributed by atoms with Gasteiger partial charge in [0.25, 0.3) is 5.69 Å². The van der Waals surface area contributed by atoms with Crippen LogP contribution in [0.2, 0.25) is 5.02 Å². The molecule has 1 amide bonds. The van der Waals surface area contributed by atoms with E-state index in [9.17, 15) is 32.5 Å². The Morgan fingerprint density at radius 1 is 1.19 bits per heavy atom. The predicted octanol–water partition coefficient (Wildman–Crippen LogP) is 4.85. The van der Waals surface area contributed by atoms with Gasteiger partial charge >= 0.3 is 6.18 Å². The van der Waals surface area contributed by atoms with Crippen molar-refractivity contribution in [2.45, 2.75) is 19.1 Å².